The highest BCUT2D eigenvalue weighted by molar-refractivity contribution is 5.87. The zero-order chi connectivity index (χ0) is 18.4. The number of rotatable bonds is 6. The number of anilines is 1. The van der Waals surface area contributed by atoms with Gasteiger partial charge in [0.15, 0.2) is 0 Å². The maximum atomic E-state index is 12.8. The summed E-state index contributed by atoms with van der Waals surface area (Å²) >= 11 is 0. The number of carbonyl (C=O) groups is 2. The predicted molar refractivity (Wildman–Crippen MR) is 97.7 cm³/mol. The van der Waals surface area contributed by atoms with Gasteiger partial charge in [0.25, 0.3) is 0 Å². The molecular formula is C18H28N4O3. The first-order valence-electron chi connectivity index (χ1n) is 8.70. The first kappa shape index (κ1) is 18.9. The Morgan fingerprint density at radius 3 is 2.44 bits per heavy atom. The third kappa shape index (κ3) is 4.55. The molecule has 0 radical (unpaired) electrons. The Labute approximate surface area is 149 Å². The zero-order valence-electron chi connectivity index (χ0n) is 15.2. The lowest BCUT2D eigenvalue weighted by Gasteiger charge is -2.38. The number of hydrogen-bond donors (Lipinski definition) is 2. The number of urea groups is 1. The molecule has 1 aromatic rings. The minimum absolute atomic E-state index is 0.0345. The highest BCUT2D eigenvalue weighted by Crippen LogP contribution is 2.28. The van der Waals surface area contributed by atoms with E-state index in [1.165, 1.54) is 0 Å². The standard InChI is InChI=1S/C18H28N4O3/c1-4-13(2)16(20-18(19)24)17(23)22-11-9-21(10-12-22)14-7-5-6-8-15(14)25-3/h5-8,13,16H,4,9-12H2,1-3H3,(H3,19,20,24). The van der Waals surface area contributed by atoms with Crippen LogP contribution in [0.2, 0.25) is 0 Å². The van der Waals surface area contributed by atoms with Crippen LogP contribution in [0.4, 0.5) is 10.5 Å². The van der Waals surface area contributed by atoms with Gasteiger partial charge in [-0.2, -0.15) is 0 Å². The third-order valence-corrected chi connectivity index (χ3v) is 4.79. The molecule has 0 spiro atoms. The van der Waals surface area contributed by atoms with Crippen LogP contribution in [-0.4, -0.2) is 56.2 Å². The van der Waals surface area contributed by atoms with E-state index in [9.17, 15) is 9.59 Å². The van der Waals surface area contributed by atoms with Crippen molar-refractivity contribution in [3.8, 4) is 5.75 Å². The number of primary amides is 1. The van der Waals surface area contributed by atoms with E-state index in [1.807, 2.05) is 38.1 Å². The summed E-state index contributed by atoms with van der Waals surface area (Å²) in [6, 6.07) is 6.64. The predicted octanol–water partition coefficient (Wildman–Crippen LogP) is 1.43. The van der Waals surface area contributed by atoms with Crippen LogP contribution in [0, 0.1) is 5.92 Å². The van der Waals surface area contributed by atoms with Crippen molar-refractivity contribution in [1.82, 2.24) is 10.2 Å². The van der Waals surface area contributed by atoms with Gasteiger partial charge in [0.1, 0.15) is 11.8 Å². The fourth-order valence-electron chi connectivity index (χ4n) is 3.09. The molecule has 138 valence electrons. The largest absolute Gasteiger partial charge is 0.495 e. The normalized spacial score (nSPS) is 16.9. The number of nitrogens with two attached hydrogens (primary N) is 1. The second kappa shape index (κ2) is 8.60. The first-order valence-corrected chi connectivity index (χ1v) is 8.70. The average molecular weight is 348 g/mol. The van der Waals surface area contributed by atoms with Crippen molar-refractivity contribution in [1.29, 1.82) is 0 Å². The number of carbonyl (C=O) groups excluding carboxylic acids is 2. The number of methoxy groups -OCH3 is 1. The average Bonchev–Trinajstić information content (AvgIpc) is 2.65. The SMILES string of the molecule is CCC(C)C(NC(N)=O)C(=O)N1CCN(c2ccccc2OC)CC1. The fraction of sp³-hybridized carbons (Fsp3) is 0.556. The maximum absolute atomic E-state index is 12.8. The van der Waals surface area contributed by atoms with E-state index >= 15 is 0 Å². The fourth-order valence-corrected chi connectivity index (χ4v) is 3.09. The molecule has 1 aromatic carbocycles. The van der Waals surface area contributed by atoms with Crippen LogP contribution in [-0.2, 0) is 4.79 Å². The van der Waals surface area contributed by atoms with Crippen molar-refractivity contribution in [2.24, 2.45) is 11.7 Å². The van der Waals surface area contributed by atoms with E-state index < -0.39 is 12.1 Å². The van der Waals surface area contributed by atoms with Crippen molar-refractivity contribution in [3.63, 3.8) is 0 Å². The minimum atomic E-state index is -0.661. The summed E-state index contributed by atoms with van der Waals surface area (Å²) in [7, 11) is 1.66. The Morgan fingerprint density at radius 2 is 1.88 bits per heavy atom. The van der Waals surface area contributed by atoms with Gasteiger partial charge < -0.3 is 25.6 Å². The molecule has 0 aromatic heterocycles. The van der Waals surface area contributed by atoms with Gasteiger partial charge in [0, 0.05) is 26.2 Å². The molecule has 1 fully saturated rings. The molecule has 7 nitrogen and oxygen atoms in total. The van der Waals surface area contributed by atoms with Crippen molar-refractivity contribution in [2.75, 3.05) is 38.2 Å². The van der Waals surface area contributed by atoms with Crippen LogP contribution < -0.4 is 20.7 Å². The Hall–Kier alpha value is -2.44. The summed E-state index contributed by atoms with van der Waals surface area (Å²) in [6.07, 6.45) is 0.790. The van der Waals surface area contributed by atoms with Crippen molar-refractivity contribution in [2.45, 2.75) is 26.3 Å². The number of benzene rings is 1. The summed E-state index contributed by atoms with van der Waals surface area (Å²) in [5, 5.41) is 2.60. The monoisotopic (exact) mass is 348 g/mol. The maximum Gasteiger partial charge on any atom is 0.312 e. The molecule has 25 heavy (non-hydrogen) atoms. The Balaban J connectivity index is 2.02. The molecular weight excluding hydrogens is 320 g/mol. The summed E-state index contributed by atoms with van der Waals surface area (Å²) in [5.74, 6) is 0.801. The number of hydrogen-bond acceptors (Lipinski definition) is 4. The van der Waals surface area contributed by atoms with Gasteiger partial charge in [-0.3, -0.25) is 4.79 Å². The van der Waals surface area contributed by atoms with Crippen molar-refractivity contribution in [3.05, 3.63) is 24.3 Å². The van der Waals surface area contributed by atoms with E-state index in [-0.39, 0.29) is 11.8 Å². The summed E-state index contributed by atoms with van der Waals surface area (Å²) in [6.45, 7) is 6.58. The van der Waals surface area contributed by atoms with Crippen LogP contribution in [0.1, 0.15) is 20.3 Å². The van der Waals surface area contributed by atoms with Crippen LogP contribution in [0.5, 0.6) is 5.75 Å². The highest BCUT2D eigenvalue weighted by atomic mass is 16.5. The van der Waals surface area contributed by atoms with Gasteiger partial charge in [-0.25, -0.2) is 4.79 Å². The second-order valence-electron chi connectivity index (χ2n) is 6.36. The lowest BCUT2D eigenvalue weighted by molar-refractivity contribution is -0.134. The lowest BCUT2D eigenvalue weighted by atomic mass is 9.97. The molecule has 2 unspecified atom stereocenters. The van der Waals surface area contributed by atoms with E-state index in [2.05, 4.69) is 10.2 Å². The van der Waals surface area contributed by atoms with E-state index in [0.717, 1.165) is 30.9 Å². The summed E-state index contributed by atoms with van der Waals surface area (Å²) in [5.41, 5.74) is 6.27. The number of nitrogens with zero attached hydrogens (tertiary/aromatic N) is 2. The van der Waals surface area contributed by atoms with Crippen LogP contribution in [0.15, 0.2) is 24.3 Å². The molecule has 1 saturated heterocycles. The molecule has 0 aliphatic carbocycles. The quantitative estimate of drug-likeness (QED) is 0.814. The number of amides is 3. The lowest BCUT2D eigenvalue weighted by Crippen LogP contribution is -2.57. The zero-order valence-corrected chi connectivity index (χ0v) is 15.2. The number of nitrogens with one attached hydrogen (secondary N) is 1. The van der Waals surface area contributed by atoms with Crippen molar-refractivity contribution < 1.29 is 14.3 Å². The molecule has 7 heteroatoms. The topological polar surface area (TPSA) is 87.9 Å². The van der Waals surface area contributed by atoms with Gasteiger partial charge in [-0.1, -0.05) is 32.4 Å². The number of ether oxygens (including phenoxy) is 1. The Morgan fingerprint density at radius 1 is 1.24 bits per heavy atom. The molecule has 3 amide bonds. The van der Waals surface area contributed by atoms with Gasteiger partial charge in [0.05, 0.1) is 12.8 Å². The van der Waals surface area contributed by atoms with Crippen molar-refractivity contribution >= 4 is 17.6 Å². The van der Waals surface area contributed by atoms with Crippen LogP contribution in [0.3, 0.4) is 0 Å². The molecule has 3 N–H and O–H groups in total. The van der Waals surface area contributed by atoms with Gasteiger partial charge >= 0.3 is 6.03 Å². The second-order valence-corrected chi connectivity index (χ2v) is 6.36. The minimum Gasteiger partial charge on any atom is -0.495 e. The molecule has 0 saturated carbocycles. The summed E-state index contributed by atoms with van der Waals surface area (Å²) < 4.78 is 5.42. The third-order valence-electron chi connectivity index (χ3n) is 4.79. The number of para-hydroxylation sites is 2. The number of piperazine rings is 1. The Bertz CT molecular complexity index is 600. The molecule has 2 rings (SSSR count). The highest BCUT2D eigenvalue weighted by Gasteiger charge is 2.31. The van der Waals surface area contributed by atoms with Crippen LogP contribution >= 0.6 is 0 Å². The van der Waals surface area contributed by atoms with E-state index in [1.54, 1.807) is 12.0 Å². The first-order chi connectivity index (χ1) is 12.0. The smallest absolute Gasteiger partial charge is 0.312 e. The van der Waals surface area contributed by atoms with E-state index in [0.29, 0.717) is 13.1 Å². The Kier molecular flexibility index (Phi) is 6.50. The van der Waals surface area contributed by atoms with E-state index in [4.69, 9.17) is 10.5 Å². The molecule has 1 aliphatic rings. The summed E-state index contributed by atoms with van der Waals surface area (Å²) in [4.78, 5) is 28.1. The van der Waals surface area contributed by atoms with Gasteiger partial charge in [-0.05, 0) is 18.1 Å². The molecule has 2 atom stereocenters. The molecule has 0 bridgehead atoms. The van der Waals surface area contributed by atoms with Gasteiger partial charge in [-0.15, -0.1) is 0 Å². The molecule has 1 heterocycles. The van der Waals surface area contributed by atoms with Crippen LogP contribution in [0.25, 0.3) is 0 Å². The molecule has 1 aliphatic heterocycles. The van der Waals surface area contributed by atoms with Gasteiger partial charge in [0.2, 0.25) is 5.91 Å².